The highest BCUT2D eigenvalue weighted by molar-refractivity contribution is 5.76. The Labute approximate surface area is 146 Å². The lowest BCUT2D eigenvalue weighted by atomic mass is 9.75. The number of anilines is 1. The van der Waals surface area contributed by atoms with Gasteiger partial charge in [-0.3, -0.25) is 9.69 Å². The van der Waals surface area contributed by atoms with E-state index in [2.05, 4.69) is 19.8 Å². The van der Waals surface area contributed by atoms with Crippen molar-refractivity contribution in [3.63, 3.8) is 0 Å². The topological polar surface area (TPSA) is 82.7 Å². The summed E-state index contributed by atoms with van der Waals surface area (Å²) in [5.74, 6) is 0.0724. The summed E-state index contributed by atoms with van der Waals surface area (Å²) in [6.07, 6.45) is 8.38. The van der Waals surface area contributed by atoms with Gasteiger partial charge < -0.3 is 14.4 Å². The molecule has 1 N–H and O–H groups in total. The van der Waals surface area contributed by atoms with E-state index in [0.29, 0.717) is 25.5 Å². The monoisotopic (exact) mass is 342 g/mol. The second-order valence-corrected chi connectivity index (χ2v) is 7.06. The van der Waals surface area contributed by atoms with Crippen LogP contribution < -0.4 is 4.90 Å². The Hall–Kier alpha value is -2.41. The molecule has 0 unspecified atom stereocenters. The summed E-state index contributed by atoms with van der Waals surface area (Å²) in [5, 5.41) is 10.0. The molecule has 0 aliphatic carbocycles. The third-order valence-electron chi connectivity index (χ3n) is 5.50. The van der Waals surface area contributed by atoms with Crippen LogP contribution in [-0.2, 0) is 11.3 Å². The van der Waals surface area contributed by atoms with Gasteiger partial charge >= 0.3 is 5.97 Å². The van der Waals surface area contributed by atoms with Crippen LogP contribution in [0.4, 0.5) is 5.95 Å². The first-order valence-electron chi connectivity index (χ1n) is 8.66. The number of carboxylic acid groups (broad SMARTS) is 1. The van der Waals surface area contributed by atoms with Gasteiger partial charge in [-0.25, -0.2) is 9.97 Å². The smallest absolute Gasteiger partial charge is 0.311 e. The van der Waals surface area contributed by atoms with E-state index in [1.54, 1.807) is 31.0 Å². The molecule has 0 spiro atoms. The summed E-state index contributed by atoms with van der Waals surface area (Å²) in [6.45, 7) is 3.56. The molecule has 2 aliphatic rings. The third kappa shape index (κ3) is 3.00. The molecule has 0 aromatic carbocycles. The van der Waals surface area contributed by atoms with Crippen molar-refractivity contribution in [1.29, 1.82) is 0 Å². The number of nitrogens with zero attached hydrogens (tertiary/aromatic N) is 4. The lowest BCUT2D eigenvalue weighted by molar-refractivity contribution is -0.150. The molecular weight excluding hydrogens is 320 g/mol. The van der Waals surface area contributed by atoms with Crippen molar-refractivity contribution in [3.8, 4) is 0 Å². The van der Waals surface area contributed by atoms with E-state index in [9.17, 15) is 9.90 Å². The molecule has 2 fully saturated rings. The Kier molecular flexibility index (Phi) is 4.17. The van der Waals surface area contributed by atoms with Crippen molar-refractivity contribution in [2.75, 3.05) is 31.1 Å². The van der Waals surface area contributed by atoms with Crippen molar-refractivity contribution in [3.05, 3.63) is 42.6 Å². The van der Waals surface area contributed by atoms with Crippen molar-refractivity contribution >= 4 is 11.9 Å². The van der Waals surface area contributed by atoms with E-state index in [-0.39, 0.29) is 5.92 Å². The molecule has 0 amide bonds. The molecule has 0 bridgehead atoms. The van der Waals surface area contributed by atoms with Gasteiger partial charge in [0.15, 0.2) is 0 Å². The van der Waals surface area contributed by atoms with E-state index < -0.39 is 11.4 Å². The molecule has 2 aliphatic heterocycles. The summed E-state index contributed by atoms with van der Waals surface area (Å²) in [5.41, 5.74) is 0.396. The Morgan fingerprint density at radius 1 is 1.36 bits per heavy atom. The van der Waals surface area contributed by atoms with E-state index in [1.807, 2.05) is 6.07 Å². The fraction of sp³-hybridized carbons (Fsp3) is 0.500. The van der Waals surface area contributed by atoms with Crippen molar-refractivity contribution in [2.24, 2.45) is 11.3 Å². The van der Waals surface area contributed by atoms with Crippen molar-refractivity contribution in [2.45, 2.75) is 19.4 Å². The first-order chi connectivity index (χ1) is 12.2. The quantitative estimate of drug-likeness (QED) is 0.908. The molecule has 2 saturated heterocycles. The van der Waals surface area contributed by atoms with Gasteiger partial charge in [0.1, 0.15) is 0 Å². The number of fused-ring (bicyclic) bond motifs is 1. The van der Waals surface area contributed by atoms with E-state index >= 15 is 0 Å². The molecule has 132 valence electrons. The summed E-state index contributed by atoms with van der Waals surface area (Å²) in [4.78, 5) is 25.3. The fourth-order valence-corrected chi connectivity index (χ4v) is 4.28. The first-order valence-corrected chi connectivity index (χ1v) is 8.66. The van der Waals surface area contributed by atoms with Crippen LogP contribution in [-0.4, -0.2) is 52.1 Å². The van der Waals surface area contributed by atoms with Crippen LogP contribution in [0.5, 0.6) is 0 Å². The van der Waals surface area contributed by atoms with Gasteiger partial charge in [0.05, 0.1) is 17.9 Å². The zero-order valence-corrected chi connectivity index (χ0v) is 14.0. The van der Waals surface area contributed by atoms with Gasteiger partial charge in [-0.2, -0.15) is 0 Å². The standard InChI is InChI=1S/C18H22N4O3/c23-16(24)18-4-1-7-22(17-19-5-2-6-20-17)11-15(18)10-21(13-18)9-14-3-8-25-12-14/h2-3,5-6,8,12,15H,1,4,7,9-11,13H2,(H,23,24)/t15-,18+/m1/s1. The molecule has 2 aromatic heterocycles. The zero-order valence-electron chi connectivity index (χ0n) is 14.0. The molecule has 7 nitrogen and oxygen atoms in total. The number of hydrogen-bond acceptors (Lipinski definition) is 6. The number of furan rings is 1. The van der Waals surface area contributed by atoms with Gasteiger partial charge in [-0.1, -0.05) is 0 Å². The van der Waals surface area contributed by atoms with E-state index in [1.165, 1.54) is 0 Å². The largest absolute Gasteiger partial charge is 0.481 e. The van der Waals surface area contributed by atoms with E-state index in [0.717, 1.165) is 31.6 Å². The average Bonchev–Trinajstić information content (AvgIpc) is 3.20. The summed E-state index contributed by atoms with van der Waals surface area (Å²) in [6, 6.07) is 3.73. The Balaban J connectivity index is 1.56. The molecule has 0 saturated carbocycles. The molecule has 0 radical (unpaired) electrons. The van der Waals surface area contributed by atoms with Crippen LogP contribution >= 0.6 is 0 Å². The maximum absolute atomic E-state index is 12.2. The number of hydrogen-bond donors (Lipinski definition) is 1. The second kappa shape index (κ2) is 6.48. The number of carboxylic acids is 1. The number of likely N-dealkylation sites (tertiary alicyclic amines) is 1. The van der Waals surface area contributed by atoms with Crippen LogP contribution in [0.15, 0.2) is 41.5 Å². The Morgan fingerprint density at radius 3 is 2.92 bits per heavy atom. The predicted molar refractivity (Wildman–Crippen MR) is 91.0 cm³/mol. The summed E-state index contributed by atoms with van der Waals surface area (Å²) < 4.78 is 5.14. The Bertz CT molecular complexity index is 721. The van der Waals surface area contributed by atoms with Gasteiger partial charge in [0.2, 0.25) is 5.95 Å². The maximum atomic E-state index is 12.2. The fourth-order valence-electron chi connectivity index (χ4n) is 4.28. The number of aliphatic carboxylic acids is 1. The minimum absolute atomic E-state index is 0.0585. The van der Waals surface area contributed by atoms with Gasteiger partial charge in [0, 0.05) is 56.6 Å². The molecule has 7 heteroatoms. The van der Waals surface area contributed by atoms with Crippen LogP contribution in [0.3, 0.4) is 0 Å². The minimum atomic E-state index is -0.687. The predicted octanol–water partition coefficient (Wildman–Crippen LogP) is 1.87. The summed E-state index contributed by atoms with van der Waals surface area (Å²) in [7, 11) is 0. The van der Waals surface area contributed by atoms with Crippen LogP contribution in [0.2, 0.25) is 0 Å². The number of carbonyl (C=O) groups is 1. The number of aromatic nitrogens is 2. The van der Waals surface area contributed by atoms with Crippen molar-refractivity contribution in [1.82, 2.24) is 14.9 Å². The second-order valence-electron chi connectivity index (χ2n) is 7.06. The van der Waals surface area contributed by atoms with Gasteiger partial charge in [-0.15, -0.1) is 0 Å². The van der Waals surface area contributed by atoms with Crippen molar-refractivity contribution < 1.29 is 14.3 Å². The van der Waals surface area contributed by atoms with Gasteiger partial charge in [-0.05, 0) is 25.0 Å². The SMILES string of the molecule is O=C(O)[C@]12CCCN(c3ncccn3)C[C@H]1CN(Cc1ccoc1)C2. The van der Waals surface area contributed by atoms with Crippen LogP contribution in [0.25, 0.3) is 0 Å². The zero-order chi connectivity index (χ0) is 17.3. The highest BCUT2D eigenvalue weighted by Crippen LogP contribution is 2.43. The normalized spacial score (nSPS) is 27.0. The first kappa shape index (κ1) is 16.1. The molecule has 2 aromatic rings. The lowest BCUT2D eigenvalue weighted by Gasteiger charge is -2.29. The number of rotatable bonds is 4. The van der Waals surface area contributed by atoms with Crippen LogP contribution in [0.1, 0.15) is 18.4 Å². The Morgan fingerprint density at radius 2 is 2.20 bits per heavy atom. The highest BCUT2D eigenvalue weighted by Gasteiger charge is 2.53. The minimum Gasteiger partial charge on any atom is -0.481 e. The third-order valence-corrected chi connectivity index (χ3v) is 5.50. The lowest BCUT2D eigenvalue weighted by Crippen LogP contribution is -2.41. The average molecular weight is 342 g/mol. The van der Waals surface area contributed by atoms with Crippen LogP contribution in [0, 0.1) is 11.3 Å². The molecule has 4 rings (SSSR count). The molecular formula is C18H22N4O3. The maximum Gasteiger partial charge on any atom is 0.311 e. The summed E-state index contributed by atoms with van der Waals surface area (Å²) >= 11 is 0. The molecule has 4 heterocycles. The molecule has 25 heavy (non-hydrogen) atoms. The highest BCUT2D eigenvalue weighted by atomic mass is 16.4. The van der Waals surface area contributed by atoms with E-state index in [4.69, 9.17) is 4.42 Å². The van der Waals surface area contributed by atoms with Gasteiger partial charge in [0.25, 0.3) is 0 Å². The molecule has 2 atom stereocenters.